The van der Waals surface area contributed by atoms with Crippen LogP contribution in [-0.4, -0.2) is 34.7 Å². The predicted octanol–water partition coefficient (Wildman–Crippen LogP) is 2.09. The van der Waals surface area contributed by atoms with E-state index in [1.807, 2.05) is 12.1 Å². The van der Waals surface area contributed by atoms with Crippen molar-refractivity contribution in [3.05, 3.63) is 34.1 Å². The molecule has 1 aliphatic heterocycles. The number of hydrogen-bond acceptors (Lipinski definition) is 6. The number of rotatable bonds is 2. The Bertz CT molecular complexity index is 641. The van der Waals surface area contributed by atoms with Gasteiger partial charge in [0.15, 0.2) is 5.82 Å². The van der Waals surface area contributed by atoms with Gasteiger partial charge in [0.25, 0.3) is 0 Å². The van der Waals surface area contributed by atoms with Crippen LogP contribution in [0.3, 0.4) is 0 Å². The lowest BCUT2D eigenvalue weighted by molar-refractivity contribution is 0.0769. The van der Waals surface area contributed by atoms with Crippen LogP contribution in [0.1, 0.15) is 11.6 Å². The van der Waals surface area contributed by atoms with Gasteiger partial charge in [0.05, 0.1) is 19.3 Å². The first kappa shape index (κ1) is 14.5. The first-order valence-electron chi connectivity index (χ1n) is 6.41. The molecule has 0 bridgehead atoms. The molecule has 0 radical (unpaired) electrons. The number of anilines is 1. The third-order valence-electron chi connectivity index (χ3n) is 3.13. The number of halogens is 2. The number of nitrogens with two attached hydrogens (primary N) is 1. The Balaban J connectivity index is 2.00. The fraction of sp³-hybridized carbons (Fsp3) is 0.308. The first-order valence-corrected chi connectivity index (χ1v) is 7.16. The zero-order valence-electron chi connectivity index (χ0n) is 11.0. The SMILES string of the molecule is Nc1nc(Cl)nc(-c2cc(Cl)cc(C3COCCN3)c2)n1. The normalized spacial score (nSPS) is 18.7. The lowest BCUT2D eigenvalue weighted by atomic mass is 10.0. The van der Waals surface area contributed by atoms with Crippen LogP contribution in [0.2, 0.25) is 10.3 Å². The zero-order valence-corrected chi connectivity index (χ0v) is 12.5. The Morgan fingerprint density at radius 1 is 1.19 bits per heavy atom. The molecule has 1 aromatic carbocycles. The summed E-state index contributed by atoms with van der Waals surface area (Å²) >= 11 is 12.0. The van der Waals surface area contributed by atoms with E-state index in [4.69, 9.17) is 33.7 Å². The lowest BCUT2D eigenvalue weighted by Gasteiger charge is -2.24. The summed E-state index contributed by atoms with van der Waals surface area (Å²) in [5.74, 6) is 0.471. The molecule has 3 N–H and O–H groups in total. The van der Waals surface area contributed by atoms with Crippen LogP contribution in [0.4, 0.5) is 5.95 Å². The Morgan fingerprint density at radius 2 is 2.05 bits per heavy atom. The molecule has 1 unspecified atom stereocenters. The molecule has 1 atom stereocenters. The van der Waals surface area contributed by atoms with Crippen molar-refractivity contribution in [2.24, 2.45) is 0 Å². The average molecular weight is 326 g/mol. The molecule has 1 fully saturated rings. The van der Waals surface area contributed by atoms with Crippen molar-refractivity contribution in [2.75, 3.05) is 25.5 Å². The van der Waals surface area contributed by atoms with E-state index in [1.54, 1.807) is 6.07 Å². The van der Waals surface area contributed by atoms with Crippen molar-refractivity contribution in [3.8, 4) is 11.4 Å². The Labute approximate surface area is 131 Å². The summed E-state index contributed by atoms with van der Waals surface area (Å²) in [6.07, 6.45) is 0. The van der Waals surface area contributed by atoms with Gasteiger partial charge in [0, 0.05) is 17.1 Å². The number of nitrogen functional groups attached to an aromatic ring is 1. The van der Waals surface area contributed by atoms with Crippen LogP contribution in [0.25, 0.3) is 11.4 Å². The van der Waals surface area contributed by atoms with Crippen molar-refractivity contribution in [2.45, 2.75) is 6.04 Å². The summed E-state index contributed by atoms with van der Waals surface area (Å²) in [4.78, 5) is 11.9. The van der Waals surface area contributed by atoms with E-state index < -0.39 is 0 Å². The minimum Gasteiger partial charge on any atom is -0.378 e. The number of nitrogens with zero attached hydrogens (tertiary/aromatic N) is 3. The molecule has 8 heteroatoms. The number of ether oxygens (including phenoxy) is 1. The largest absolute Gasteiger partial charge is 0.378 e. The lowest BCUT2D eigenvalue weighted by Crippen LogP contribution is -2.34. The van der Waals surface area contributed by atoms with Crippen LogP contribution in [0.5, 0.6) is 0 Å². The molecule has 2 heterocycles. The standard InChI is InChI=1S/C13H13Cl2N5O/c14-9-4-7(10-6-21-2-1-17-10)3-8(5-9)11-18-12(15)20-13(16)19-11/h3-5,10,17H,1-2,6H2,(H2,16,18,19,20). The van der Waals surface area contributed by atoms with E-state index in [-0.39, 0.29) is 17.3 Å². The van der Waals surface area contributed by atoms with Crippen molar-refractivity contribution in [3.63, 3.8) is 0 Å². The Hall–Kier alpha value is -1.47. The van der Waals surface area contributed by atoms with Crippen LogP contribution in [-0.2, 0) is 4.74 Å². The monoisotopic (exact) mass is 325 g/mol. The predicted molar refractivity (Wildman–Crippen MR) is 81.3 cm³/mol. The van der Waals surface area contributed by atoms with Crippen molar-refractivity contribution in [1.29, 1.82) is 0 Å². The molecule has 110 valence electrons. The second-order valence-electron chi connectivity index (χ2n) is 4.64. The van der Waals surface area contributed by atoms with E-state index in [2.05, 4.69) is 20.3 Å². The van der Waals surface area contributed by atoms with Gasteiger partial charge >= 0.3 is 0 Å². The van der Waals surface area contributed by atoms with Crippen LogP contribution >= 0.6 is 23.2 Å². The fourth-order valence-electron chi connectivity index (χ4n) is 2.22. The summed E-state index contributed by atoms with van der Waals surface area (Å²) in [5.41, 5.74) is 7.35. The highest BCUT2D eigenvalue weighted by Crippen LogP contribution is 2.27. The summed E-state index contributed by atoms with van der Waals surface area (Å²) in [7, 11) is 0. The summed E-state index contributed by atoms with van der Waals surface area (Å²) in [5, 5.41) is 4.02. The molecule has 3 rings (SSSR count). The molecule has 2 aromatic rings. The van der Waals surface area contributed by atoms with E-state index in [1.165, 1.54) is 0 Å². The van der Waals surface area contributed by atoms with Gasteiger partial charge in [-0.2, -0.15) is 15.0 Å². The molecule has 0 saturated carbocycles. The highest BCUT2D eigenvalue weighted by atomic mass is 35.5. The molecule has 0 aliphatic carbocycles. The molecular formula is C13H13Cl2N5O. The second kappa shape index (κ2) is 6.11. The Morgan fingerprint density at radius 3 is 2.76 bits per heavy atom. The third kappa shape index (κ3) is 3.41. The molecule has 0 amide bonds. The summed E-state index contributed by atoms with van der Waals surface area (Å²) in [6.45, 7) is 2.11. The molecule has 6 nitrogen and oxygen atoms in total. The van der Waals surface area contributed by atoms with Gasteiger partial charge in [-0.1, -0.05) is 11.6 Å². The number of hydrogen-bond donors (Lipinski definition) is 2. The number of aromatic nitrogens is 3. The van der Waals surface area contributed by atoms with Gasteiger partial charge in [-0.05, 0) is 35.4 Å². The number of morpholine rings is 1. The van der Waals surface area contributed by atoms with E-state index in [0.717, 1.165) is 17.7 Å². The van der Waals surface area contributed by atoms with Gasteiger partial charge in [0.2, 0.25) is 11.2 Å². The van der Waals surface area contributed by atoms with Gasteiger partial charge in [-0.3, -0.25) is 0 Å². The summed E-state index contributed by atoms with van der Waals surface area (Å²) < 4.78 is 5.47. The first-order chi connectivity index (χ1) is 10.1. The van der Waals surface area contributed by atoms with Gasteiger partial charge < -0.3 is 15.8 Å². The van der Waals surface area contributed by atoms with E-state index in [9.17, 15) is 0 Å². The highest BCUT2D eigenvalue weighted by Gasteiger charge is 2.17. The van der Waals surface area contributed by atoms with Crippen LogP contribution in [0.15, 0.2) is 18.2 Å². The fourth-order valence-corrected chi connectivity index (χ4v) is 2.63. The van der Waals surface area contributed by atoms with Crippen LogP contribution < -0.4 is 11.1 Å². The van der Waals surface area contributed by atoms with Crippen molar-refractivity contribution < 1.29 is 4.74 Å². The number of benzene rings is 1. The number of nitrogens with one attached hydrogen (secondary N) is 1. The molecule has 21 heavy (non-hydrogen) atoms. The molecule has 1 aromatic heterocycles. The maximum absolute atomic E-state index is 6.19. The summed E-state index contributed by atoms with van der Waals surface area (Å²) in [6, 6.07) is 5.69. The zero-order chi connectivity index (χ0) is 14.8. The van der Waals surface area contributed by atoms with Crippen LogP contribution in [0, 0.1) is 0 Å². The van der Waals surface area contributed by atoms with Crippen molar-refractivity contribution >= 4 is 29.2 Å². The van der Waals surface area contributed by atoms with Gasteiger partial charge in [-0.25, -0.2) is 0 Å². The maximum Gasteiger partial charge on any atom is 0.227 e. The van der Waals surface area contributed by atoms with E-state index >= 15 is 0 Å². The topological polar surface area (TPSA) is 86.0 Å². The third-order valence-corrected chi connectivity index (χ3v) is 3.52. The minimum absolute atomic E-state index is 0.0538. The molecule has 0 spiro atoms. The quantitative estimate of drug-likeness (QED) is 0.879. The highest BCUT2D eigenvalue weighted by molar-refractivity contribution is 6.31. The smallest absolute Gasteiger partial charge is 0.227 e. The second-order valence-corrected chi connectivity index (χ2v) is 5.42. The van der Waals surface area contributed by atoms with Gasteiger partial charge in [0.1, 0.15) is 0 Å². The molecule has 1 aliphatic rings. The maximum atomic E-state index is 6.19. The van der Waals surface area contributed by atoms with Gasteiger partial charge in [-0.15, -0.1) is 0 Å². The average Bonchev–Trinajstić information content (AvgIpc) is 2.46. The Kier molecular flexibility index (Phi) is 4.21. The van der Waals surface area contributed by atoms with Crippen molar-refractivity contribution in [1.82, 2.24) is 20.3 Å². The molecular weight excluding hydrogens is 313 g/mol. The van der Waals surface area contributed by atoms with E-state index in [0.29, 0.717) is 24.1 Å². The molecule has 1 saturated heterocycles. The minimum atomic E-state index is 0.0538.